The van der Waals surface area contributed by atoms with Gasteiger partial charge in [-0.25, -0.2) is 19.3 Å². The predicted molar refractivity (Wildman–Crippen MR) is 184 cm³/mol. The summed E-state index contributed by atoms with van der Waals surface area (Å²) in [7, 11) is 0. The standard InChI is InChI=1S/C36H38FN9O3/c37-23-16-27(28(18-47)30(17-23)46-14-13-45-29-4-2-1-3-22(29)15-31(45)36(46)48)33-41-34-32(38-21-39-34)35(42-33)40-24-5-7-25(8-6-24)43-9-11-44(12-10-43)26-19-49-20-26/h5-8,15-17,21,26,47H,1-4,9-14,18-20H2,(H2,38,39,40,41,42). The van der Waals surface area contributed by atoms with Crippen molar-refractivity contribution in [3.05, 3.63) is 77.1 Å². The molecular weight excluding hydrogens is 625 g/mol. The molecule has 4 aliphatic rings. The molecule has 0 bridgehead atoms. The van der Waals surface area contributed by atoms with Gasteiger partial charge in [0, 0.05) is 67.5 Å². The number of aliphatic hydroxyl groups is 1. The Balaban J connectivity index is 1.01. The third-order valence-corrected chi connectivity index (χ3v) is 10.5. The van der Waals surface area contributed by atoms with Gasteiger partial charge in [0.2, 0.25) is 0 Å². The van der Waals surface area contributed by atoms with Crippen molar-refractivity contribution >= 4 is 40.0 Å². The largest absolute Gasteiger partial charge is 0.392 e. The number of piperazine rings is 1. The molecule has 3 aliphatic heterocycles. The lowest BCUT2D eigenvalue weighted by Crippen LogP contribution is -2.56. The van der Waals surface area contributed by atoms with Gasteiger partial charge in [-0.3, -0.25) is 9.69 Å². The number of nitrogens with one attached hydrogen (secondary N) is 2. The molecule has 0 radical (unpaired) electrons. The van der Waals surface area contributed by atoms with Crippen molar-refractivity contribution < 1.29 is 19.0 Å². The van der Waals surface area contributed by atoms with E-state index in [0.717, 1.165) is 76.5 Å². The highest BCUT2D eigenvalue weighted by Gasteiger charge is 2.33. The number of nitrogens with zero attached hydrogens (tertiary/aromatic N) is 7. The molecule has 3 N–H and O–H groups in total. The van der Waals surface area contributed by atoms with Gasteiger partial charge in [-0.15, -0.1) is 0 Å². The fourth-order valence-electron chi connectivity index (χ4n) is 7.81. The number of H-pyrrole nitrogens is 1. The first kappa shape index (κ1) is 30.2. The number of amides is 1. The van der Waals surface area contributed by atoms with E-state index < -0.39 is 12.4 Å². The Kier molecular flexibility index (Phi) is 7.55. The van der Waals surface area contributed by atoms with E-state index in [-0.39, 0.29) is 11.7 Å². The third kappa shape index (κ3) is 5.32. The van der Waals surface area contributed by atoms with Gasteiger partial charge in [0.1, 0.15) is 17.0 Å². The number of anilines is 4. The van der Waals surface area contributed by atoms with Crippen molar-refractivity contribution in [1.82, 2.24) is 29.4 Å². The smallest absolute Gasteiger partial charge is 0.274 e. The highest BCUT2D eigenvalue weighted by Crippen LogP contribution is 2.37. The van der Waals surface area contributed by atoms with Crippen LogP contribution in [0.25, 0.3) is 22.6 Å². The first-order chi connectivity index (χ1) is 24.0. The second-order valence-corrected chi connectivity index (χ2v) is 13.3. The maximum Gasteiger partial charge on any atom is 0.274 e. The predicted octanol–water partition coefficient (Wildman–Crippen LogP) is 4.26. The first-order valence-electron chi connectivity index (χ1n) is 17.2. The Labute approximate surface area is 282 Å². The van der Waals surface area contributed by atoms with Crippen molar-refractivity contribution in [3.63, 3.8) is 0 Å². The number of carbonyl (C=O) groups is 1. The number of aliphatic hydroxyl groups excluding tert-OH is 1. The maximum atomic E-state index is 15.4. The topological polar surface area (TPSA) is 128 Å². The Hall–Kier alpha value is -4.85. The number of fused-ring (bicyclic) bond motifs is 4. The van der Waals surface area contributed by atoms with Crippen LogP contribution in [0.1, 0.15) is 40.2 Å². The molecule has 0 saturated carbocycles. The second kappa shape index (κ2) is 12.2. The van der Waals surface area contributed by atoms with Crippen LogP contribution in [0, 0.1) is 5.82 Å². The molecule has 2 aromatic carbocycles. The zero-order valence-corrected chi connectivity index (χ0v) is 27.2. The summed E-state index contributed by atoms with van der Waals surface area (Å²) in [6.45, 7) is 6.21. The molecule has 2 saturated heterocycles. The minimum Gasteiger partial charge on any atom is -0.392 e. The number of benzene rings is 2. The molecule has 13 heteroatoms. The molecule has 0 spiro atoms. The number of imidazole rings is 1. The summed E-state index contributed by atoms with van der Waals surface area (Å²) in [5, 5.41) is 14.1. The van der Waals surface area contributed by atoms with Crippen LogP contribution in [0.15, 0.2) is 48.8 Å². The fraction of sp³-hybridized carbons (Fsp3) is 0.389. The SMILES string of the molecule is O=C1c2cc3c(n2CCN1c1cc(F)cc(-c2nc(Nc4ccc(N5CCN(C6COC6)CC5)cc4)c4[nH]cnc4n2)c1CO)CCCC3. The van der Waals surface area contributed by atoms with E-state index in [1.54, 1.807) is 4.90 Å². The van der Waals surface area contributed by atoms with E-state index in [0.29, 0.717) is 58.6 Å². The van der Waals surface area contributed by atoms with Crippen LogP contribution in [0.5, 0.6) is 0 Å². The summed E-state index contributed by atoms with van der Waals surface area (Å²) in [5.41, 5.74) is 7.07. The number of halogens is 1. The van der Waals surface area contributed by atoms with Crippen LogP contribution in [0.2, 0.25) is 0 Å². The van der Waals surface area contributed by atoms with Gasteiger partial charge in [-0.2, -0.15) is 0 Å². The van der Waals surface area contributed by atoms with Crippen molar-refractivity contribution in [2.45, 2.75) is 44.9 Å². The summed E-state index contributed by atoms with van der Waals surface area (Å²) in [6, 6.07) is 13.4. The van der Waals surface area contributed by atoms with Gasteiger partial charge in [0.15, 0.2) is 17.3 Å². The maximum absolute atomic E-state index is 15.4. The fourth-order valence-corrected chi connectivity index (χ4v) is 7.81. The van der Waals surface area contributed by atoms with Gasteiger partial charge >= 0.3 is 0 Å². The number of carbonyl (C=O) groups excluding carboxylic acids is 1. The van der Waals surface area contributed by atoms with E-state index in [1.165, 1.54) is 29.7 Å². The Morgan fingerprint density at radius 2 is 1.80 bits per heavy atom. The molecule has 12 nitrogen and oxygen atoms in total. The van der Waals surface area contributed by atoms with Crippen molar-refractivity contribution in [2.75, 3.05) is 61.1 Å². The van der Waals surface area contributed by atoms with E-state index in [4.69, 9.17) is 9.72 Å². The van der Waals surface area contributed by atoms with E-state index >= 15 is 4.39 Å². The molecule has 49 heavy (non-hydrogen) atoms. The Morgan fingerprint density at radius 1 is 0.980 bits per heavy atom. The third-order valence-electron chi connectivity index (χ3n) is 10.5. The number of hydrogen-bond donors (Lipinski definition) is 3. The van der Waals surface area contributed by atoms with Gasteiger partial charge in [-0.1, -0.05) is 0 Å². The van der Waals surface area contributed by atoms with Crippen molar-refractivity contribution in [2.24, 2.45) is 0 Å². The normalized spacial score (nSPS) is 18.4. The lowest BCUT2D eigenvalue weighted by molar-refractivity contribution is -0.0660. The summed E-state index contributed by atoms with van der Waals surface area (Å²) in [4.78, 5) is 37.3. The van der Waals surface area contributed by atoms with Crippen LogP contribution in [0.3, 0.4) is 0 Å². The zero-order chi connectivity index (χ0) is 33.1. The molecule has 3 aromatic heterocycles. The average Bonchev–Trinajstić information content (AvgIpc) is 3.74. The average molecular weight is 664 g/mol. The van der Waals surface area contributed by atoms with Gasteiger partial charge in [0.05, 0.1) is 37.9 Å². The van der Waals surface area contributed by atoms with Crippen molar-refractivity contribution in [1.29, 1.82) is 0 Å². The lowest BCUT2D eigenvalue weighted by Gasteiger charge is -2.43. The van der Waals surface area contributed by atoms with E-state index in [9.17, 15) is 9.90 Å². The molecule has 1 aliphatic carbocycles. The minimum absolute atomic E-state index is 0.196. The van der Waals surface area contributed by atoms with Gasteiger partial charge < -0.3 is 34.5 Å². The quantitative estimate of drug-likeness (QED) is 0.234. The molecule has 252 valence electrons. The number of hydrogen-bond acceptors (Lipinski definition) is 9. The highest BCUT2D eigenvalue weighted by molar-refractivity contribution is 6.07. The van der Waals surface area contributed by atoms with Crippen LogP contribution >= 0.6 is 0 Å². The summed E-state index contributed by atoms with van der Waals surface area (Å²) < 4.78 is 22.9. The highest BCUT2D eigenvalue weighted by atomic mass is 19.1. The lowest BCUT2D eigenvalue weighted by atomic mass is 9.98. The molecule has 1 amide bonds. The van der Waals surface area contributed by atoms with Crippen LogP contribution in [0.4, 0.5) is 27.3 Å². The van der Waals surface area contributed by atoms with Gasteiger partial charge in [-0.05, 0) is 73.7 Å². The minimum atomic E-state index is -0.548. The monoisotopic (exact) mass is 663 g/mol. The molecule has 0 atom stereocenters. The van der Waals surface area contributed by atoms with E-state index in [1.807, 2.05) is 18.2 Å². The summed E-state index contributed by atoms with van der Waals surface area (Å²) in [5.74, 6) is -0.0839. The van der Waals surface area contributed by atoms with Crippen LogP contribution in [-0.2, 0) is 30.7 Å². The summed E-state index contributed by atoms with van der Waals surface area (Å²) >= 11 is 0. The number of aryl methyl sites for hydroxylation is 1. The van der Waals surface area contributed by atoms with Crippen LogP contribution < -0.4 is 15.1 Å². The van der Waals surface area contributed by atoms with Gasteiger partial charge in [0.25, 0.3) is 5.91 Å². The zero-order valence-electron chi connectivity index (χ0n) is 27.2. The molecule has 6 heterocycles. The molecular formula is C36H38FN9O3. The number of aromatic nitrogens is 5. The van der Waals surface area contributed by atoms with E-state index in [2.05, 4.69) is 46.8 Å². The molecule has 0 unspecified atom stereocenters. The Bertz CT molecular complexity index is 2050. The second-order valence-electron chi connectivity index (χ2n) is 13.3. The molecule has 5 aromatic rings. The molecule has 2 fully saturated rings. The number of ether oxygens (including phenoxy) is 1. The number of rotatable bonds is 7. The molecule has 9 rings (SSSR count). The summed E-state index contributed by atoms with van der Waals surface area (Å²) in [6.07, 6.45) is 5.71. The number of aromatic amines is 1. The van der Waals surface area contributed by atoms with Crippen LogP contribution in [-0.4, -0.2) is 92.4 Å². The van der Waals surface area contributed by atoms with Crippen molar-refractivity contribution in [3.8, 4) is 11.4 Å². The Morgan fingerprint density at radius 3 is 2.57 bits per heavy atom. The first-order valence-corrected chi connectivity index (χ1v) is 17.2.